The number of carbonyl (C=O) groups excluding carboxylic acids is 3. The number of nitrogens with zero attached hydrogens (tertiary/aromatic N) is 1. The fraction of sp³-hybridized carbons (Fsp3) is 0.318. The zero-order chi connectivity index (χ0) is 21.0. The molecule has 2 N–H and O–H groups in total. The Labute approximate surface area is 169 Å². The minimum Gasteiger partial charge on any atom is -0.338 e. The van der Waals surface area contributed by atoms with Crippen molar-refractivity contribution in [1.82, 2.24) is 4.90 Å². The van der Waals surface area contributed by atoms with Crippen molar-refractivity contribution >= 4 is 29.1 Å². The van der Waals surface area contributed by atoms with Gasteiger partial charge in [0, 0.05) is 37.0 Å². The first-order valence-corrected chi connectivity index (χ1v) is 9.58. The normalized spacial score (nSPS) is 16.2. The van der Waals surface area contributed by atoms with Crippen LogP contribution in [0.2, 0.25) is 0 Å². The molecule has 1 atom stereocenters. The van der Waals surface area contributed by atoms with Crippen molar-refractivity contribution in [2.45, 2.75) is 26.7 Å². The Morgan fingerprint density at radius 3 is 2.34 bits per heavy atom. The summed E-state index contributed by atoms with van der Waals surface area (Å²) >= 11 is 0. The van der Waals surface area contributed by atoms with Gasteiger partial charge in [-0.15, -0.1) is 0 Å². The molecule has 0 bridgehead atoms. The van der Waals surface area contributed by atoms with Gasteiger partial charge in [0.05, 0.1) is 5.92 Å². The van der Waals surface area contributed by atoms with Crippen molar-refractivity contribution < 1.29 is 18.8 Å². The Kier molecular flexibility index (Phi) is 6.26. The molecule has 6 nitrogen and oxygen atoms in total. The molecule has 3 amide bonds. The van der Waals surface area contributed by atoms with E-state index in [1.54, 1.807) is 23.1 Å². The average Bonchev–Trinajstić information content (AvgIpc) is 2.71. The van der Waals surface area contributed by atoms with E-state index >= 15 is 0 Å². The summed E-state index contributed by atoms with van der Waals surface area (Å²) in [5, 5.41) is 5.66. The SMILES string of the molecule is CC(=O)Nc1cccc(NC(=O)C2CCCN(C(=O)c3ccc(F)cc3)C2)c1C. The fourth-order valence-corrected chi connectivity index (χ4v) is 3.48. The molecule has 1 saturated heterocycles. The zero-order valence-corrected chi connectivity index (χ0v) is 16.5. The highest BCUT2D eigenvalue weighted by Gasteiger charge is 2.29. The van der Waals surface area contributed by atoms with E-state index in [1.165, 1.54) is 31.2 Å². The molecule has 0 spiro atoms. The van der Waals surface area contributed by atoms with Gasteiger partial charge in [0.25, 0.3) is 5.91 Å². The van der Waals surface area contributed by atoms with Crippen molar-refractivity contribution in [2.75, 3.05) is 23.7 Å². The number of amides is 3. The van der Waals surface area contributed by atoms with E-state index in [9.17, 15) is 18.8 Å². The number of halogens is 1. The highest BCUT2D eigenvalue weighted by molar-refractivity contribution is 5.97. The Bertz CT molecular complexity index is 927. The number of hydrogen-bond donors (Lipinski definition) is 2. The predicted molar refractivity (Wildman–Crippen MR) is 109 cm³/mol. The van der Waals surface area contributed by atoms with Crippen molar-refractivity contribution in [1.29, 1.82) is 0 Å². The van der Waals surface area contributed by atoms with E-state index in [0.29, 0.717) is 36.4 Å². The lowest BCUT2D eigenvalue weighted by Crippen LogP contribution is -2.43. The van der Waals surface area contributed by atoms with E-state index < -0.39 is 5.82 Å². The van der Waals surface area contributed by atoms with Gasteiger partial charge in [0.15, 0.2) is 0 Å². The molecule has 0 saturated carbocycles. The van der Waals surface area contributed by atoms with E-state index in [0.717, 1.165) is 12.0 Å². The van der Waals surface area contributed by atoms with Crippen LogP contribution in [0.4, 0.5) is 15.8 Å². The van der Waals surface area contributed by atoms with Crippen LogP contribution in [0.25, 0.3) is 0 Å². The molecule has 0 aliphatic carbocycles. The van der Waals surface area contributed by atoms with E-state index in [-0.39, 0.29) is 23.6 Å². The first-order chi connectivity index (χ1) is 13.8. The molecule has 1 unspecified atom stereocenters. The molecule has 0 radical (unpaired) electrons. The number of hydrogen-bond acceptors (Lipinski definition) is 3. The minimum atomic E-state index is -0.394. The molecule has 1 heterocycles. The van der Waals surface area contributed by atoms with Crippen LogP contribution >= 0.6 is 0 Å². The van der Waals surface area contributed by atoms with Crippen molar-refractivity contribution in [2.24, 2.45) is 5.92 Å². The van der Waals surface area contributed by atoms with Crippen molar-refractivity contribution in [3.8, 4) is 0 Å². The Balaban J connectivity index is 1.68. The van der Waals surface area contributed by atoms with Crippen LogP contribution < -0.4 is 10.6 Å². The number of likely N-dealkylation sites (tertiary alicyclic amines) is 1. The Morgan fingerprint density at radius 1 is 1.03 bits per heavy atom. The Hall–Kier alpha value is -3.22. The van der Waals surface area contributed by atoms with E-state index in [2.05, 4.69) is 10.6 Å². The van der Waals surface area contributed by atoms with Crippen molar-refractivity contribution in [3.05, 3.63) is 59.4 Å². The first kappa shape index (κ1) is 20.5. The summed E-state index contributed by atoms with van der Waals surface area (Å²) in [4.78, 5) is 38.5. The first-order valence-electron chi connectivity index (χ1n) is 9.58. The smallest absolute Gasteiger partial charge is 0.253 e. The molecule has 2 aromatic rings. The van der Waals surface area contributed by atoms with E-state index in [1.807, 2.05) is 6.92 Å². The lowest BCUT2D eigenvalue weighted by Gasteiger charge is -2.32. The summed E-state index contributed by atoms with van der Waals surface area (Å²) in [7, 11) is 0. The van der Waals surface area contributed by atoms with Gasteiger partial charge < -0.3 is 15.5 Å². The van der Waals surface area contributed by atoms with Gasteiger partial charge in [-0.3, -0.25) is 14.4 Å². The molecule has 7 heteroatoms. The fourth-order valence-electron chi connectivity index (χ4n) is 3.48. The van der Waals surface area contributed by atoms with Gasteiger partial charge in [-0.1, -0.05) is 6.07 Å². The van der Waals surface area contributed by atoms with Crippen LogP contribution in [-0.4, -0.2) is 35.7 Å². The van der Waals surface area contributed by atoms with E-state index in [4.69, 9.17) is 0 Å². The summed E-state index contributed by atoms with van der Waals surface area (Å²) in [6, 6.07) is 10.7. The van der Waals surface area contributed by atoms with Crippen LogP contribution in [0, 0.1) is 18.7 Å². The van der Waals surface area contributed by atoms with Gasteiger partial charge in [-0.25, -0.2) is 4.39 Å². The molecule has 152 valence electrons. The zero-order valence-electron chi connectivity index (χ0n) is 16.5. The van der Waals surface area contributed by atoms with Gasteiger partial charge >= 0.3 is 0 Å². The molecule has 1 aliphatic heterocycles. The number of carbonyl (C=O) groups is 3. The molecule has 0 aromatic heterocycles. The molecule has 3 rings (SSSR count). The number of rotatable bonds is 4. The monoisotopic (exact) mass is 397 g/mol. The molecule has 2 aromatic carbocycles. The lowest BCUT2D eigenvalue weighted by molar-refractivity contribution is -0.121. The molecule has 1 fully saturated rings. The third-order valence-electron chi connectivity index (χ3n) is 5.07. The highest BCUT2D eigenvalue weighted by atomic mass is 19.1. The molecular weight excluding hydrogens is 373 g/mol. The summed E-state index contributed by atoms with van der Waals surface area (Å²) in [6.07, 6.45) is 1.40. The van der Waals surface area contributed by atoms with Crippen LogP contribution in [0.3, 0.4) is 0 Å². The summed E-state index contributed by atoms with van der Waals surface area (Å²) in [5.41, 5.74) is 2.45. The maximum Gasteiger partial charge on any atom is 0.253 e. The molecule has 29 heavy (non-hydrogen) atoms. The van der Waals surface area contributed by atoms with Gasteiger partial charge in [0.1, 0.15) is 5.82 Å². The number of benzene rings is 2. The number of piperidine rings is 1. The molecule has 1 aliphatic rings. The van der Waals surface area contributed by atoms with Gasteiger partial charge in [-0.2, -0.15) is 0 Å². The lowest BCUT2D eigenvalue weighted by atomic mass is 9.96. The molecular formula is C22H24FN3O3. The quantitative estimate of drug-likeness (QED) is 0.828. The van der Waals surface area contributed by atoms with Crippen LogP contribution in [-0.2, 0) is 9.59 Å². The van der Waals surface area contributed by atoms with Crippen molar-refractivity contribution in [3.63, 3.8) is 0 Å². The maximum absolute atomic E-state index is 13.1. The van der Waals surface area contributed by atoms with Crippen LogP contribution in [0.1, 0.15) is 35.7 Å². The number of anilines is 2. The third kappa shape index (κ3) is 4.99. The Morgan fingerprint density at radius 2 is 1.69 bits per heavy atom. The van der Waals surface area contributed by atoms with Crippen LogP contribution in [0.5, 0.6) is 0 Å². The second-order valence-electron chi connectivity index (χ2n) is 7.25. The second-order valence-corrected chi connectivity index (χ2v) is 7.25. The average molecular weight is 397 g/mol. The van der Waals surface area contributed by atoms with Gasteiger partial charge in [-0.05, 0) is 61.7 Å². The third-order valence-corrected chi connectivity index (χ3v) is 5.07. The summed E-state index contributed by atoms with van der Waals surface area (Å²) in [6.45, 7) is 4.13. The summed E-state index contributed by atoms with van der Waals surface area (Å²) < 4.78 is 13.1. The van der Waals surface area contributed by atoms with Crippen LogP contribution in [0.15, 0.2) is 42.5 Å². The standard InChI is InChI=1S/C22H24FN3O3/c1-14-19(24-15(2)27)6-3-7-20(14)25-21(28)17-5-4-12-26(13-17)22(29)16-8-10-18(23)11-9-16/h3,6-11,17H,4-5,12-13H2,1-2H3,(H,24,27)(H,25,28). The summed E-state index contributed by atoms with van der Waals surface area (Å²) in [5.74, 6) is -1.28. The highest BCUT2D eigenvalue weighted by Crippen LogP contribution is 2.26. The van der Waals surface area contributed by atoms with Gasteiger partial charge in [0.2, 0.25) is 11.8 Å². The second kappa shape index (κ2) is 8.86. The topological polar surface area (TPSA) is 78.5 Å². The predicted octanol–water partition coefficient (Wildman–Crippen LogP) is 3.58. The minimum absolute atomic E-state index is 0.162. The maximum atomic E-state index is 13.1. The largest absolute Gasteiger partial charge is 0.338 e. The number of nitrogens with one attached hydrogen (secondary N) is 2.